The Morgan fingerprint density at radius 2 is 1.85 bits per heavy atom. The molecule has 7 heteroatoms. The fraction of sp³-hybridized carbons (Fsp3) is 0.550. The smallest absolute Gasteiger partial charge is 0.233 e. The van der Waals surface area contributed by atoms with Gasteiger partial charge in [-0.3, -0.25) is 4.79 Å². The number of benzene rings is 1. The first kappa shape index (κ1) is 19.7. The molecule has 0 unspecified atom stereocenters. The summed E-state index contributed by atoms with van der Waals surface area (Å²) < 4.78 is 1.96. The van der Waals surface area contributed by atoms with Gasteiger partial charge in [0.2, 0.25) is 5.91 Å². The van der Waals surface area contributed by atoms with Crippen LogP contribution < -0.4 is 5.32 Å². The standard InChI is InChI=1S/C20H29N5OS/c1-14-8-10-17(11-9-14)21-12-18-22-23-20(24(18)4)27-13-19(26)25-15(2)6-5-7-16(25)3/h8-11,15-16,21H,5-7,12-13H2,1-4H3/t15-,16-/m0/s1. The number of aromatic nitrogens is 3. The summed E-state index contributed by atoms with van der Waals surface area (Å²) >= 11 is 1.47. The molecular weight excluding hydrogens is 358 g/mol. The van der Waals surface area contributed by atoms with Crippen molar-refractivity contribution in [2.24, 2.45) is 7.05 Å². The molecule has 1 aliphatic heterocycles. The van der Waals surface area contributed by atoms with Crippen molar-refractivity contribution in [3.8, 4) is 0 Å². The molecule has 2 atom stereocenters. The molecule has 0 bridgehead atoms. The van der Waals surface area contributed by atoms with Crippen molar-refractivity contribution in [1.82, 2.24) is 19.7 Å². The van der Waals surface area contributed by atoms with Gasteiger partial charge in [0.1, 0.15) is 0 Å². The van der Waals surface area contributed by atoms with Crippen molar-refractivity contribution in [2.45, 2.75) is 63.8 Å². The van der Waals surface area contributed by atoms with Gasteiger partial charge < -0.3 is 14.8 Å². The number of anilines is 1. The van der Waals surface area contributed by atoms with Crippen LogP contribution in [0.1, 0.15) is 44.5 Å². The lowest BCUT2D eigenvalue weighted by atomic mass is 9.98. The zero-order valence-electron chi connectivity index (χ0n) is 16.6. The van der Waals surface area contributed by atoms with Crippen molar-refractivity contribution in [1.29, 1.82) is 0 Å². The summed E-state index contributed by atoms with van der Waals surface area (Å²) in [7, 11) is 1.95. The van der Waals surface area contributed by atoms with Crippen molar-refractivity contribution in [3.05, 3.63) is 35.7 Å². The van der Waals surface area contributed by atoms with Crippen LogP contribution in [0.25, 0.3) is 0 Å². The Morgan fingerprint density at radius 1 is 1.19 bits per heavy atom. The van der Waals surface area contributed by atoms with Crippen molar-refractivity contribution in [3.63, 3.8) is 0 Å². The number of carbonyl (C=O) groups is 1. The molecular formula is C20H29N5OS. The molecule has 3 rings (SSSR count). The van der Waals surface area contributed by atoms with E-state index in [1.54, 1.807) is 0 Å². The molecule has 146 valence electrons. The number of rotatable bonds is 6. The van der Waals surface area contributed by atoms with E-state index in [1.807, 2.05) is 16.5 Å². The summed E-state index contributed by atoms with van der Waals surface area (Å²) in [6.07, 6.45) is 3.40. The van der Waals surface area contributed by atoms with Gasteiger partial charge >= 0.3 is 0 Å². The number of likely N-dealkylation sites (tertiary alicyclic amines) is 1. The highest BCUT2D eigenvalue weighted by Crippen LogP contribution is 2.25. The van der Waals surface area contributed by atoms with E-state index in [-0.39, 0.29) is 5.91 Å². The number of amides is 1. The van der Waals surface area contributed by atoms with Crippen LogP contribution in [0.4, 0.5) is 5.69 Å². The first-order valence-electron chi connectivity index (χ1n) is 9.58. The largest absolute Gasteiger partial charge is 0.378 e. The maximum Gasteiger partial charge on any atom is 0.233 e. The summed E-state index contributed by atoms with van der Waals surface area (Å²) in [6.45, 7) is 6.97. The molecule has 1 amide bonds. The fourth-order valence-corrected chi connectivity index (χ4v) is 4.39. The van der Waals surface area contributed by atoms with Gasteiger partial charge in [0.15, 0.2) is 11.0 Å². The Kier molecular flexibility index (Phi) is 6.42. The summed E-state index contributed by atoms with van der Waals surface area (Å²) in [6, 6.07) is 8.93. The predicted molar refractivity (Wildman–Crippen MR) is 110 cm³/mol. The average molecular weight is 388 g/mol. The summed E-state index contributed by atoms with van der Waals surface area (Å²) in [5.74, 6) is 1.46. The number of piperidine rings is 1. The molecule has 1 aromatic carbocycles. The topological polar surface area (TPSA) is 63.1 Å². The zero-order chi connectivity index (χ0) is 19.4. The second-order valence-electron chi connectivity index (χ2n) is 7.40. The zero-order valence-corrected chi connectivity index (χ0v) is 17.4. The first-order valence-corrected chi connectivity index (χ1v) is 10.6. The Labute approximate surface area is 165 Å². The van der Waals surface area contributed by atoms with E-state index in [2.05, 4.69) is 60.6 Å². The number of nitrogens with one attached hydrogen (secondary N) is 1. The minimum Gasteiger partial charge on any atom is -0.378 e. The number of aryl methyl sites for hydroxylation is 1. The van der Waals surface area contributed by atoms with E-state index in [0.717, 1.165) is 29.5 Å². The maximum absolute atomic E-state index is 12.7. The van der Waals surface area contributed by atoms with Crippen molar-refractivity contribution >= 4 is 23.4 Å². The van der Waals surface area contributed by atoms with E-state index in [4.69, 9.17) is 0 Å². The predicted octanol–water partition coefficient (Wildman–Crippen LogP) is 3.62. The molecule has 1 N–H and O–H groups in total. The van der Waals surface area contributed by atoms with Crippen LogP contribution in [-0.4, -0.2) is 43.4 Å². The Balaban J connectivity index is 1.55. The third-order valence-corrected chi connectivity index (χ3v) is 6.24. The third kappa shape index (κ3) is 4.83. The number of thioether (sulfide) groups is 1. The molecule has 1 saturated heterocycles. The van der Waals surface area contributed by atoms with Crippen LogP contribution in [0.3, 0.4) is 0 Å². The SMILES string of the molecule is Cc1ccc(NCc2nnc(SCC(=O)N3[C@@H](C)CCC[C@@H]3C)n2C)cc1. The van der Waals surface area contributed by atoms with Gasteiger partial charge in [-0.15, -0.1) is 10.2 Å². The lowest BCUT2D eigenvalue weighted by Crippen LogP contribution is -2.48. The second kappa shape index (κ2) is 8.78. The van der Waals surface area contributed by atoms with Crippen LogP contribution in [-0.2, 0) is 18.4 Å². The van der Waals surface area contributed by atoms with Gasteiger partial charge in [-0.05, 0) is 52.2 Å². The molecule has 2 aromatic rings. The molecule has 1 fully saturated rings. The summed E-state index contributed by atoms with van der Waals surface area (Å²) in [5, 5.41) is 12.7. The van der Waals surface area contributed by atoms with Gasteiger partial charge in [0, 0.05) is 24.8 Å². The highest BCUT2D eigenvalue weighted by Gasteiger charge is 2.29. The molecule has 0 radical (unpaired) electrons. The highest BCUT2D eigenvalue weighted by atomic mass is 32.2. The summed E-state index contributed by atoms with van der Waals surface area (Å²) in [5.41, 5.74) is 2.29. The monoisotopic (exact) mass is 387 g/mol. The van der Waals surface area contributed by atoms with Gasteiger partial charge in [-0.2, -0.15) is 0 Å². The van der Waals surface area contributed by atoms with Crippen LogP contribution >= 0.6 is 11.8 Å². The maximum atomic E-state index is 12.7. The molecule has 0 saturated carbocycles. The summed E-state index contributed by atoms with van der Waals surface area (Å²) in [4.78, 5) is 14.7. The molecule has 1 aliphatic rings. The van der Waals surface area contributed by atoms with Crippen molar-refractivity contribution in [2.75, 3.05) is 11.1 Å². The Bertz CT molecular complexity index is 763. The lowest BCUT2D eigenvalue weighted by Gasteiger charge is -2.39. The number of hydrogen-bond acceptors (Lipinski definition) is 5. The van der Waals surface area contributed by atoms with E-state index < -0.39 is 0 Å². The highest BCUT2D eigenvalue weighted by molar-refractivity contribution is 7.99. The third-order valence-electron chi connectivity index (χ3n) is 5.23. The minimum atomic E-state index is 0.196. The van der Waals surface area contributed by atoms with Crippen LogP contribution in [0.5, 0.6) is 0 Å². The second-order valence-corrected chi connectivity index (χ2v) is 8.34. The van der Waals surface area contributed by atoms with Crippen LogP contribution in [0.15, 0.2) is 29.4 Å². The number of carbonyl (C=O) groups excluding carboxylic acids is 1. The van der Waals surface area contributed by atoms with Crippen molar-refractivity contribution < 1.29 is 4.79 Å². The molecule has 6 nitrogen and oxygen atoms in total. The van der Waals surface area contributed by atoms with Gasteiger partial charge in [0.25, 0.3) is 0 Å². The Hall–Kier alpha value is -2.02. The lowest BCUT2D eigenvalue weighted by molar-refractivity contribution is -0.134. The van der Waals surface area contributed by atoms with E-state index in [9.17, 15) is 4.79 Å². The molecule has 27 heavy (non-hydrogen) atoms. The molecule has 0 spiro atoms. The molecule has 1 aromatic heterocycles. The van der Waals surface area contributed by atoms with Crippen LogP contribution in [0.2, 0.25) is 0 Å². The van der Waals surface area contributed by atoms with E-state index in [0.29, 0.717) is 24.4 Å². The van der Waals surface area contributed by atoms with Gasteiger partial charge in [0.05, 0.1) is 12.3 Å². The van der Waals surface area contributed by atoms with Gasteiger partial charge in [-0.1, -0.05) is 29.5 Å². The first-order chi connectivity index (χ1) is 13.0. The van der Waals surface area contributed by atoms with E-state index >= 15 is 0 Å². The minimum absolute atomic E-state index is 0.196. The molecule has 0 aliphatic carbocycles. The average Bonchev–Trinajstić information content (AvgIpc) is 2.99. The number of hydrogen-bond donors (Lipinski definition) is 1. The van der Waals surface area contributed by atoms with Gasteiger partial charge in [-0.25, -0.2) is 0 Å². The number of nitrogens with zero attached hydrogens (tertiary/aromatic N) is 4. The molecule has 2 heterocycles. The van der Waals surface area contributed by atoms with Crippen LogP contribution in [0, 0.1) is 6.92 Å². The van der Waals surface area contributed by atoms with E-state index in [1.165, 1.54) is 23.7 Å². The normalized spacial score (nSPS) is 19.9. The fourth-order valence-electron chi connectivity index (χ4n) is 3.59. The quantitative estimate of drug-likeness (QED) is 0.767. The Morgan fingerprint density at radius 3 is 2.52 bits per heavy atom.